The monoisotopic (exact) mass is 312 g/mol. The summed E-state index contributed by atoms with van der Waals surface area (Å²) in [5, 5.41) is 3.27. The van der Waals surface area contributed by atoms with Gasteiger partial charge < -0.3 is 20.5 Å². The molecule has 7 heteroatoms. The maximum absolute atomic E-state index is 12.4. The summed E-state index contributed by atoms with van der Waals surface area (Å²) in [6.07, 6.45) is 0.940. The molecule has 1 saturated heterocycles. The van der Waals surface area contributed by atoms with Crippen LogP contribution < -0.4 is 11.1 Å². The zero-order valence-corrected chi connectivity index (χ0v) is 13.0. The van der Waals surface area contributed by atoms with Gasteiger partial charge in [-0.15, -0.1) is 11.3 Å². The molecule has 0 spiro atoms. The highest BCUT2D eigenvalue weighted by Gasteiger charge is 2.36. The first-order valence-electron chi connectivity index (χ1n) is 6.92. The van der Waals surface area contributed by atoms with Crippen LogP contribution in [-0.4, -0.2) is 37.2 Å². The molecule has 1 amide bonds. The standard InChI is InChI=1S/C14H20N2O4S/c1-3-20-12(17)10-8-9(2)21-11(10)16-13(18)14(15)4-6-19-7-5-14/h8H,3-7,15H2,1-2H3,(H,16,18). The molecular formula is C14H20N2O4S. The number of ether oxygens (including phenoxy) is 2. The largest absolute Gasteiger partial charge is 0.462 e. The van der Waals surface area contributed by atoms with Gasteiger partial charge in [-0.25, -0.2) is 4.79 Å². The van der Waals surface area contributed by atoms with E-state index in [2.05, 4.69) is 5.32 Å². The maximum Gasteiger partial charge on any atom is 0.341 e. The SMILES string of the molecule is CCOC(=O)c1cc(C)sc1NC(=O)C1(N)CCOCC1. The molecule has 6 nitrogen and oxygen atoms in total. The summed E-state index contributed by atoms with van der Waals surface area (Å²) in [7, 11) is 0. The number of carbonyl (C=O) groups excluding carboxylic acids is 2. The number of rotatable bonds is 4. The van der Waals surface area contributed by atoms with Crippen LogP contribution in [0, 0.1) is 6.92 Å². The van der Waals surface area contributed by atoms with Gasteiger partial charge in [-0.1, -0.05) is 0 Å². The van der Waals surface area contributed by atoms with Crippen LogP contribution in [0.15, 0.2) is 6.07 Å². The van der Waals surface area contributed by atoms with Crippen molar-refractivity contribution in [2.75, 3.05) is 25.1 Å². The molecule has 1 fully saturated rings. The number of nitrogens with two attached hydrogens (primary N) is 1. The molecule has 0 radical (unpaired) electrons. The fourth-order valence-corrected chi connectivity index (χ4v) is 3.05. The fourth-order valence-electron chi connectivity index (χ4n) is 2.16. The molecule has 0 saturated carbocycles. The van der Waals surface area contributed by atoms with Crippen LogP contribution in [0.5, 0.6) is 0 Å². The lowest BCUT2D eigenvalue weighted by atomic mass is 9.90. The summed E-state index contributed by atoms with van der Waals surface area (Å²) in [6, 6.07) is 1.71. The van der Waals surface area contributed by atoms with Gasteiger partial charge in [0.1, 0.15) is 10.5 Å². The molecule has 1 aromatic heterocycles. The summed E-state index contributed by atoms with van der Waals surface area (Å²) in [4.78, 5) is 25.2. The Balaban J connectivity index is 2.15. The van der Waals surface area contributed by atoms with E-state index in [0.29, 0.717) is 43.2 Å². The van der Waals surface area contributed by atoms with Crippen molar-refractivity contribution in [3.63, 3.8) is 0 Å². The van der Waals surface area contributed by atoms with Gasteiger partial charge in [-0.2, -0.15) is 0 Å². The first kappa shape index (κ1) is 15.9. The number of thiophene rings is 1. The summed E-state index contributed by atoms with van der Waals surface area (Å²) < 4.78 is 10.2. The summed E-state index contributed by atoms with van der Waals surface area (Å²) >= 11 is 1.34. The Morgan fingerprint density at radius 1 is 1.48 bits per heavy atom. The van der Waals surface area contributed by atoms with Gasteiger partial charge in [0.2, 0.25) is 5.91 Å². The molecule has 0 aliphatic carbocycles. The molecule has 0 bridgehead atoms. The Bertz CT molecular complexity index is 535. The quantitative estimate of drug-likeness (QED) is 0.826. The molecule has 1 aliphatic rings. The first-order valence-corrected chi connectivity index (χ1v) is 7.73. The van der Waals surface area contributed by atoms with Crippen LogP contribution in [0.1, 0.15) is 35.0 Å². The van der Waals surface area contributed by atoms with E-state index >= 15 is 0 Å². The van der Waals surface area contributed by atoms with Gasteiger partial charge in [0.15, 0.2) is 0 Å². The number of anilines is 1. The molecular weight excluding hydrogens is 292 g/mol. The maximum atomic E-state index is 12.4. The van der Waals surface area contributed by atoms with E-state index in [1.165, 1.54) is 11.3 Å². The predicted molar refractivity (Wildman–Crippen MR) is 80.6 cm³/mol. The lowest BCUT2D eigenvalue weighted by molar-refractivity contribution is -0.124. The Hall–Kier alpha value is -1.44. The van der Waals surface area contributed by atoms with Crippen molar-refractivity contribution in [2.45, 2.75) is 32.2 Å². The third-order valence-electron chi connectivity index (χ3n) is 3.41. The second-order valence-corrected chi connectivity index (χ2v) is 6.30. The van der Waals surface area contributed by atoms with Crippen LogP contribution in [0.3, 0.4) is 0 Å². The van der Waals surface area contributed by atoms with Crippen molar-refractivity contribution in [1.29, 1.82) is 0 Å². The highest BCUT2D eigenvalue weighted by molar-refractivity contribution is 7.16. The van der Waals surface area contributed by atoms with E-state index in [9.17, 15) is 9.59 Å². The number of carbonyl (C=O) groups is 2. The van der Waals surface area contributed by atoms with Crippen molar-refractivity contribution in [1.82, 2.24) is 0 Å². The number of amides is 1. The van der Waals surface area contributed by atoms with Crippen LogP contribution in [0.2, 0.25) is 0 Å². The predicted octanol–water partition coefficient (Wildman–Crippen LogP) is 1.68. The normalized spacial score (nSPS) is 17.3. The van der Waals surface area contributed by atoms with E-state index < -0.39 is 11.5 Å². The lowest BCUT2D eigenvalue weighted by Crippen LogP contribution is -2.54. The average Bonchev–Trinajstić information content (AvgIpc) is 2.81. The molecule has 21 heavy (non-hydrogen) atoms. The Morgan fingerprint density at radius 3 is 2.76 bits per heavy atom. The molecule has 0 aromatic carbocycles. The van der Waals surface area contributed by atoms with E-state index in [1.54, 1.807) is 13.0 Å². The lowest BCUT2D eigenvalue weighted by Gasteiger charge is -2.31. The smallest absolute Gasteiger partial charge is 0.341 e. The Kier molecular flexibility index (Phi) is 4.97. The van der Waals surface area contributed by atoms with E-state index in [4.69, 9.17) is 15.2 Å². The van der Waals surface area contributed by atoms with Gasteiger partial charge in [0, 0.05) is 18.1 Å². The second-order valence-electron chi connectivity index (χ2n) is 5.04. The third-order valence-corrected chi connectivity index (χ3v) is 4.38. The summed E-state index contributed by atoms with van der Waals surface area (Å²) in [6.45, 7) is 4.84. The van der Waals surface area contributed by atoms with Crippen molar-refractivity contribution < 1.29 is 19.1 Å². The third kappa shape index (κ3) is 3.61. The van der Waals surface area contributed by atoms with Crippen LogP contribution in [0.25, 0.3) is 0 Å². The molecule has 0 atom stereocenters. The highest BCUT2D eigenvalue weighted by Crippen LogP contribution is 2.30. The molecule has 1 aliphatic heterocycles. The number of nitrogens with one attached hydrogen (secondary N) is 1. The number of aryl methyl sites for hydroxylation is 1. The highest BCUT2D eigenvalue weighted by atomic mass is 32.1. The molecule has 2 rings (SSSR count). The molecule has 2 heterocycles. The number of hydrogen-bond acceptors (Lipinski definition) is 6. The minimum Gasteiger partial charge on any atom is -0.462 e. The van der Waals surface area contributed by atoms with Gasteiger partial charge in [0.05, 0.1) is 12.2 Å². The summed E-state index contributed by atoms with van der Waals surface area (Å²) in [5.41, 5.74) is 5.57. The molecule has 0 unspecified atom stereocenters. The van der Waals surface area contributed by atoms with Gasteiger partial charge in [0.25, 0.3) is 0 Å². The van der Waals surface area contributed by atoms with Gasteiger partial charge in [-0.3, -0.25) is 4.79 Å². The summed E-state index contributed by atoms with van der Waals surface area (Å²) in [5.74, 6) is -0.714. The van der Waals surface area contributed by atoms with Crippen LogP contribution >= 0.6 is 11.3 Å². The zero-order valence-electron chi connectivity index (χ0n) is 12.2. The Labute approximate surface area is 127 Å². The second kappa shape index (κ2) is 6.55. The van der Waals surface area contributed by atoms with E-state index in [1.807, 2.05) is 6.92 Å². The van der Waals surface area contributed by atoms with E-state index in [-0.39, 0.29) is 5.91 Å². The topological polar surface area (TPSA) is 90.7 Å². The van der Waals surface area contributed by atoms with Gasteiger partial charge >= 0.3 is 5.97 Å². The average molecular weight is 312 g/mol. The van der Waals surface area contributed by atoms with Crippen molar-refractivity contribution in [2.24, 2.45) is 5.73 Å². The Morgan fingerprint density at radius 2 is 2.14 bits per heavy atom. The zero-order chi connectivity index (χ0) is 15.5. The van der Waals surface area contributed by atoms with Crippen molar-refractivity contribution >= 4 is 28.2 Å². The van der Waals surface area contributed by atoms with Gasteiger partial charge in [-0.05, 0) is 32.8 Å². The molecule has 116 valence electrons. The van der Waals surface area contributed by atoms with Crippen molar-refractivity contribution in [3.05, 3.63) is 16.5 Å². The minimum absolute atomic E-state index is 0.279. The number of hydrogen-bond donors (Lipinski definition) is 2. The molecule has 1 aromatic rings. The first-order chi connectivity index (χ1) is 9.96. The van der Waals surface area contributed by atoms with Crippen LogP contribution in [-0.2, 0) is 14.3 Å². The minimum atomic E-state index is -0.942. The van der Waals surface area contributed by atoms with Crippen LogP contribution in [0.4, 0.5) is 5.00 Å². The fraction of sp³-hybridized carbons (Fsp3) is 0.571. The number of esters is 1. The molecule has 3 N–H and O–H groups in total. The van der Waals surface area contributed by atoms with E-state index in [0.717, 1.165) is 4.88 Å². The van der Waals surface area contributed by atoms with Crippen molar-refractivity contribution in [3.8, 4) is 0 Å².